The molecule has 1 N–H and O–H groups in total. The Hall–Kier alpha value is -5.09. The van der Waals surface area contributed by atoms with E-state index < -0.39 is 29.3 Å². The van der Waals surface area contributed by atoms with Gasteiger partial charge in [0.05, 0.1) is 38.6 Å². The highest BCUT2D eigenvalue weighted by molar-refractivity contribution is 6.09. The number of hydrogen-bond donors (Lipinski definition) is 1. The molecule has 1 heterocycles. The molecule has 1 aliphatic rings. The lowest BCUT2D eigenvalue weighted by Crippen LogP contribution is -2.47. The van der Waals surface area contributed by atoms with Gasteiger partial charge in [0.1, 0.15) is 22.7 Å². The summed E-state index contributed by atoms with van der Waals surface area (Å²) in [6.07, 6.45) is 6.01. The number of esters is 1. The van der Waals surface area contributed by atoms with E-state index in [1.165, 1.54) is 13.2 Å². The summed E-state index contributed by atoms with van der Waals surface area (Å²) in [5, 5.41) is 2.54. The van der Waals surface area contributed by atoms with Crippen LogP contribution in [0.4, 0.5) is 4.79 Å². The van der Waals surface area contributed by atoms with Crippen LogP contribution in [-0.2, 0) is 20.9 Å². The average Bonchev–Trinajstić information content (AvgIpc) is 3.01. The predicted octanol–water partition coefficient (Wildman–Crippen LogP) is 6.80. The molecular weight excluding hydrogens is 602 g/mol. The van der Waals surface area contributed by atoms with Gasteiger partial charge in [-0.25, -0.2) is 9.59 Å². The molecule has 3 aromatic carbocycles. The van der Waals surface area contributed by atoms with Crippen LogP contribution < -0.4 is 24.3 Å². The fourth-order valence-corrected chi connectivity index (χ4v) is 4.61. The van der Waals surface area contributed by atoms with Crippen molar-refractivity contribution >= 4 is 30.0 Å². The number of ether oxygens (including phenoxy) is 6. The van der Waals surface area contributed by atoms with Crippen LogP contribution in [0.2, 0.25) is 0 Å². The number of ketones is 1. The van der Waals surface area contributed by atoms with Crippen molar-refractivity contribution in [2.45, 2.75) is 58.5 Å². The van der Waals surface area contributed by atoms with Gasteiger partial charge < -0.3 is 33.7 Å². The number of benzene rings is 3. The Morgan fingerprint density at radius 3 is 2.32 bits per heavy atom. The zero-order valence-electron chi connectivity index (χ0n) is 27.7. The van der Waals surface area contributed by atoms with Gasteiger partial charge in [0.25, 0.3) is 0 Å². The van der Waals surface area contributed by atoms with Gasteiger partial charge in [0.2, 0.25) is 0 Å². The van der Waals surface area contributed by atoms with Gasteiger partial charge in [0.15, 0.2) is 23.3 Å². The molecule has 0 aromatic heterocycles. The van der Waals surface area contributed by atoms with Gasteiger partial charge in [-0.2, -0.15) is 0 Å². The Balaban J connectivity index is 1.53. The van der Waals surface area contributed by atoms with E-state index in [1.807, 2.05) is 56.3 Å². The number of fused-ring (bicyclic) bond motifs is 1. The van der Waals surface area contributed by atoms with Gasteiger partial charge >= 0.3 is 12.1 Å². The minimum Gasteiger partial charge on any atom is -0.496 e. The molecule has 0 aliphatic carbocycles. The van der Waals surface area contributed by atoms with Crippen molar-refractivity contribution in [1.29, 1.82) is 0 Å². The van der Waals surface area contributed by atoms with Crippen LogP contribution >= 0.6 is 0 Å². The molecule has 3 aromatic rings. The van der Waals surface area contributed by atoms with Crippen molar-refractivity contribution in [3.8, 4) is 23.0 Å². The molecule has 0 spiro atoms. The van der Waals surface area contributed by atoms with E-state index in [9.17, 15) is 14.4 Å². The molecule has 47 heavy (non-hydrogen) atoms. The van der Waals surface area contributed by atoms with Crippen molar-refractivity contribution in [3.05, 3.63) is 95.1 Å². The van der Waals surface area contributed by atoms with Crippen LogP contribution in [0, 0.1) is 0 Å². The maximum Gasteiger partial charge on any atom is 0.408 e. The van der Waals surface area contributed by atoms with Gasteiger partial charge in [0, 0.05) is 0 Å². The second-order valence-corrected chi connectivity index (χ2v) is 12.3. The Labute approximate surface area is 275 Å². The van der Waals surface area contributed by atoms with Crippen LogP contribution in [0.3, 0.4) is 0 Å². The molecule has 10 heteroatoms. The third kappa shape index (κ3) is 9.70. The van der Waals surface area contributed by atoms with E-state index in [0.717, 1.165) is 5.56 Å². The first-order chi connectivity index (χ1) is 22.3. The summed E-state index contributed by atoms with van der Waals surface area (Å²) in [4.78, 5) is 39.4. The second-order valence-electron chi connectivity index (χ2n) is 12.3. The minimum atomic E-state index is -1.20. The van der Waals surface area contributed by atoms with Crippen molar-refractivity contribution in [3.63, 3.8) is 0 Å². The molecule has 0 saturated carbocycles. The van der Waals surface area contributed by atoms with Crippen LogP contribution in [0.5, 0.6) is 23.0 Å². The van der Waals surface area contributed by atoms with Crippen molar-refractivity contribution < 1.29 is 42.8 Å². The highest BCUT2D eigenvalue weighted by Crippen LogP contribution is 2.40. The highest BCUT2D eigenvalue weighted by atomic mass is 16.6. The molecule has 1 atom stereocenters. The lowest BCUT2D eigenvalue weighted by Gasteiger charge is -2.29. The topological polar surface area (TPSA) is 119 Å². The number of alkyl carbamates (subject to hydrolysis) is 1. The standard InChI is InChI=1S/C37H41NO9/c1-36(2,3)47-35(41)38-28(23-44-22-25-11-9-8-10-12-25)34(40)45-32-21-24(14-17-31(32)43-7)13-16-29(39)26-15-18-30(42-6)27-19-20-37(4,5)46-33(26)27/h8-21,28H,22-23H2,1-7H3,(H,38,41). The van der Waals surface area contributed by atoms with Crippen LogP contribution in [0.1, 0.15) is 61.7 Å². The van der Waals surface area contributed by atoms with Crippen LogP contribution in [-0.4, -0.2) is 55.9 Å². The quantitative estimate of drug-likeness (QED) is 0.0984. The van der Waals surface area contributed by atoms with Crippen molar-refractivity contribution in [1.82, 2.24) is 5.32 Å². The first-order valence-electron chi connectivity index (χ1n) is 15.1. The third-order valence-electron chi connectivity index (χ3n) is 6.85. The monoisotopic (exact) mass is 643 g/mol. The maximum absolute atomic E-state index is 13.4. The predicted molar refractivity (Wildman–Crippen MR) is 178 cm³/mol. The van der Waals surface area contributed by atoms with E-state index in [0.29, 0.717) is 28.2 Å². The Bertz CT molecular complexity index is 1650. The number of allylic oxidation sites excluding steroid dienone is 1. The second kappa shape index (κ2) is 15.0. The lowest BCUT2D eigenvalue weighted by atomic mass is 9.97. The zero-order valence-corrected chi connectivity index (χ0v) is 27.7. The number of rotatable bonds is 12. The summed E-state index contributed by atoms with van der Waals surface area (Å²) < 4.78 is 33.8. The van der Waals surface area contributed by atoms with Gasteiger partial charge in [-0.15, -0.1) is 0 Å². The van der Waals surface area contributed by atoms with E-state index >= 15 is 0 Å². The summed E-state index contributed by atoms with van der Waals surface area (Å²) in [5.41, 5.74) is 1.13. The van der Waals surface area contributed by atoms with Crippen LogP contribution in [0.25, 0.3) is 12.2 Å². The molecule has 0 bridgehead atoms. The van der Waals surface area contributed by atoms with E-state index in [1.54, 1.807) is 64.3 Å². The third-order valence-corrected chi connectivity index (χ3v) is 6.85. The average molecular weight is 644 g/mol. The number of carbonyl (C=O) groups excluding carboxylic acids is 3. The summed E-state index contributed by atoms with van der Waals surface area (Å²) in [6, 6.07) is 16.5. The smallest absolute Gasteiger partial charge is 0.408 e. The molecule has 248 valence electrons. The summed E-state index contributed by atoms with van der Waals surface area (Å²) >= 11 is 0. The summed E-state index contributed by atoms with van der Waals surface area (Å²) in [5.74, 6) is 0.309. The van der Waals surface area contributed by atoms with Gasteiger partial charge in [-0.3, -0.25) is 4.79 Å². The van der Waals surface area contributed by atoms with Gasteiger partial charge in [-0.1, -0.05) is 42.5 Å². The molecule has 10 nitrogen and oxygen atoms in total. The molecule has 1 amide bonds. The summed E-state index contributed by atoms with van der Waals surface area (Å²) in [7, 11) is 3.00. The largest absolute Gasteiger partial charge is 0.496 e. The summed E-state index contributed by atoms with van der Waals surface area (Å²) in [6.45, 7) is 8.99. The molecule has 0 saturated heterocycles. The minimum absolute atomic E-state index is 0.0863. The molecule has 0 radical (unpaired) electrons. The molecule has 4 rings (SSSR count). The number of nitrogens with one attached hydrogen (secondary N) is 1. The number of carbonyl (C=O) groups is 3. The van der Waals surface area contributed by atoms with Crippen LogP contribution in [0.15, 0.2) is 72.8 Å². The van der Waals surface area contributed by atoms with E-state index in [2.05, 4.69) is 5.32 Å². The first-order valence-corrected chi connectivity index (χ1v) is 15.1. The Morgan fingerprint density at radius 1 is 0.936 bits per heavy atom. The van der Waals surface area contributed by atoms with E-state index in [-0.39, 0.29) is 30.5 Å². The number of hydrogen-bond acceptors (Lipinski definition) is 9. The first kappa shape index (κ1) is 34.8. The number of methoxy groups -OCH3 is 2. The molecule has 0 fully saturated rings. The SMILES string of the molecule is COc1ccc(C=CC(=O)c2ccc(OC)c3c2OC(C)(C)C=C3)cc1OC(=O)C(COCc1ccccc1)NC(=O)OC(C)(C)C. The zero-order chi connectivity index (χ0) is 34.2. The normalized spacial score (nSPS) is 14.0. The van der Waals surface area contributed by atoms with Crippen molar-refractivity contribution in [2.75, 3.05) is 20.8 Å². The maximum atomic E-state index is 13.4. The lowest BCUT2D eigenvalue weighted by molar-refractivity contribution is -0.138. The molecule has 1 aliphatic heterocycles. The van der Waals surface area contributed by atoms with Gasteiger partial charge in [-0.05, 0) is 88.2 Å². The fourth-order valence-electron chi connectivity index (χ4n) is 4.61. The Morgan fingerprint density at radius 2 is 1.64 bits per heavy atom. The van der Waals surface area contributed by atoms with E-state index in [4.69, 9.17) is 28.4 Å². The molecular formula is C37H41NO9. The number of amides is 1. The Kier molecular flexibility index (Phi) is 11.1. The van der Waals surface area contributed by atoms with Crippen molar-refractivity contribution in [2.24, 2.45) is 0 Å². The highest BCUT2D eigenvalue weighted by Gasteiger charge is 2.29. The molecule has 1 unspecified atom stereocenters. The fraction of sp³-hybridized carbons (Fsp3) is 0.324.